The van der Waals surface area contributed by atoms with Gasteiger partial charge in [-0.15, -0.1) is 11.3 Å². The van der Waals surface area contributed by atoms with Crippen molar-refractivity contribution in [1.29, 1.82) is 0 Å². The van der Waals surface area contributed by atoms with E-state index in [1.54, 1.807) is 18.4 Å². The van der Waals surface area contributed by atoms with E-state index in [1.165, 1.54) is 10.2 Å². The molecule has 4 heteroatoms. The van der Waals surface area contributed by atoms with E-state index >= 15 is 0 Å². The smallest absolute Gasteiger partial charge is 0.140 e. The topological polar surface area (TPSA) is 12.4 Å². The number of halogens is 1. The SMILES string of the molecule is CN=C(Cl)c1sc(P)cc1C. The van der Waals surface area contributed by atoms with Crippen molar-refractivity contribution in [2.75, 3.05) is 7.05 Å². The molecule has 0 aliphatic rings. The first-order chi connectivity index (χ1) is 5.15. The van der Waals surface area contributed by atoms with Crippen molar-refractivity contribution >= 4 is 42.0 Å². The molecule has 0 aromatic carbocycles. The maximum Gasteiger partial charge on any atom is 0.140 e. The van der Waals surface area contributed by atoms with Crippen molar-refractivity contribution in [3.05, 3.63) is 16.5 Å². The van der Waals surface area contributed by atoms with Crippen LogP contribution in [0.4, 0.5) is 0 Å². The summed E-state index contributed by atoms with van der Waals surface area (Å²) in [5.41, 5.74) is 1.19. The molecular formula is C7H9ClNPS. The molecule has 1 atom stereocenters. The summed E-state index contributed by atoms with van der Waals surface area (Å²) in [6.07, 6.45) is 0. The summed E-state index contributed by atoms with van der Waals surface area (Å²) in [7, 11) is 4.35. The Hall–Kier alpha value is 0.0900. The van der Waals surface area contributed by atoms with Gasteiger partial charge in [0.15, 0.2) is 0 Å². The second kappa shape index (κ2) is 3.66. The molecule has 0 aliphatic heterocycles. The van der Waals surface area contributed by atoms with E-state index in [-0.39, 0.29) is 0 Å². The van der Waals surface area contributed by atoms with E-state index in [0.29, 0.717) is 5.17 Å². The van der Waals surface area contributed by atoms with Crippen molar-refractivity contribution in [3.63, 3.8) is 0 Å². The maximum atomic E-state index is 5.86. The van der Waals surface area contributed by atoms with Gasteiger partial charge in [0.1, 0.15) is 5.17 Å². The molecular weight excluding hydrogens is 197 g/mol. The highest BCUT2D eigenvalue weighted by Crippen LogP contribution is 2.18. The maximum absolute atomic E-state index is 5.86. The van der Waals surface area contributed by atoms with Gasteiger partial charge in [-0.05, 0) is 18.6 Å². The first-order valence-electron chi connectivity index (χ1n) is 3.13. The minimum Gasteiger partial charge on any atom is -0.275 e. The summed E-state index contributed by atoms with van der Waals surface area (Å²) in [5, 5.41) is 0.598. The Morgan fingerprint density at radius 3 is 2.73 bits per heavy atom. The molecule has 1 unspecified atom stereocenters. The van der Waals surface area contributed by atoms with Gasteiger partial charge >= 0.3 is 0 Å². The monoisotopic (exact) mass is 205 g/mol. The Kier molecular flexibility index (Phi) is 3.06. The van der Waals surface area contributed by atoms with E-state index in [9.17, 15) is 0 Å². The predicted molar refractivity (Wildman–Crippen MR) is 56.7 cm³/mol. The predicted octanol–water partition coefficient (Wildman–Crippen LogP) is 2.17. The van der Waals surface area contributed by atoms with Gasteiger partial charge in [0.05, 0.1) is 4.88 Å². The molecule has 1 aromatic rings. The quantitative estimate of drug-likeness (QED) is 0.492. The summed E-state index contributed by atoms with van der Waals surface area (Å²) < 4.78 is 1.19. The molecule has 1 rings (SSSR count). The van der Waals surface area contributed by atoms with Crippen LogP contribution in [0.1, 0.15) is 10.4 Å². The van der Waals surface area contributed by atoms with Gasteiger partial charge in [-0.25, -0.2) is 0 Å². The minimum atomic E-state index is 0.598. The van der Waals surface area contributed by atoms with Crippen LogP contribution in [-0.4, -0.2) is 12.2 Å². The van der Waals surface area contributed by atoms with Gasteiger partial charge in [-0.3, -0.25) is 4.99 Å². The van der Waals surface area contributed by atoms with Gasteiger partial charge in [0.25, 0.3) is 0 Å². The molecule has 60 valence electrons. The summed E-state index contributed by atoms with van der Waals surface area (Å²) in [6.45, 7) is 2.03. The number of aliphatic imine (C=N–C) groups is 1. The fourth-order valence-corrected chi connectivity index (χ4v) is 2.55. The Morgan fingerprint density at radius 1 is 1.73 bits per heavy atom. The van der Waals surface area contributed by atoms with Crippen LogP contribution in [0, 0.1) is 6.92 Å². The number of aryl methyl sites for hydroxylation is 1. The molecule has 11 heavy (non-hydrogen) atoms. The standard InChI is InChI=1S/C7H9ClNPS/c1-4-3-5(10)11-6(4)7(8)9-2/h3H,10H2,1-2H3. The van der Waals surface area contributed by atoms with Crippen molar-refractivity contribution in [3.8, 4) is 0 Å². The van der Waals surface area contributed by atoms with Crippen LogP contribution in [0.3, 0.4) is 0 Å². The average molecular weight is 206 g/mol. The van der Waals surface area contributed by atoms with Crippen LogP contribution in [0.15, 0.2) is 11.1 Å². The van der Waals surface area contributed by atoms with Gasteiger partial charge in [-0.2, -0.15) is 0 Å². The van der Waals surface area contributed by atoms with Crippen molar-refractivity contribution in [1.82, 2.24) is 0 Å². The van der Waals surface area contributed by atoms with E-state index in [0.717, 1.165) is 4.88 Å². The third-order valence-electron chi connectivity index (χ3n) is 1.32. The third-order valence-corrected chi connectivity index (χ3v) is 3.38. The first-order valence-corrected chi connectivity index (χ1v) is 4.91. The molecule has 0 radical (unpaired) electrons. The minimum absolute atomic E-state index is 0.598. The Labute approximate surface area is 77.7 Å². The molecule has 0 N–H and O–H groups in total. The molecule has 0 fully saturated rings. The van der Waals surface area contributed by atoms with E-state index in [2.05, 4.69) is 20.3 Å². The zero-order valence-corrected chi connectivity index (χ0v) is 9.12. The van der Waals surface area contributed by atoms with E-state index < -0.39 is 0 Å². The summed E-state index contributed by atoms with van der Waals surface area (Å²) in [6, 6.07) is 2.08. The van der Waals surface area contributed by atoms with E-state index in [1.807, 2.05) is 6.92 Å². The molecule has 0 saturated heterocycles. The molecule has 0 saturated carbocycles. The average Bonchev–Trinajstić information content (AvgIpc) is 2.28. The lowest BCUT2D eigenvalue weighted by Gasteiger charge is -1.92. The third kappa shape index (κ3) is 2.02. The highest BCUT2D eigenvalue weighted by atomic mass is 35.5. The normalized spacial score (nSPS) is 12.2. The van der Waals surface area contributed by atoms with Gasteiger partial charge < -0.3 is 0 Å². The number of hydrogen-bond donors (Lipinski definition) is 0. The van der Waals surface area contributed by atoms with Gasteiger partial charge in [0.2, 0.25) is 0 Å². The molecule has 0 aliphatic carbocycles. The zero-order chi connectivity index (χ0) is 8.43. The Bertz CT molecular complexity index is 293. The second-order valence-corrected chi connectivity index (χ2v) is 4.66. The van der Waals surface area contributed by atoms with E-state index in [4.69, 9.17) is 11.6 Å². The lowest BCUT2D eigenvalue weighted by Crippen LogP contribution is -1.87. The molecule has 0 spiro atoms. The lowest BCUT2D eigenvalue weighted by molar-refractivity contribution is 1.45. The molecule has 0 bridgehead atoms. The largest absolute Gasteiger partial charge is 0.275 e. The molecule has 0 amide bonds. The highest BCUT2D eigenvalue weighted by Gasteiger charge is 2.06. The Morgan fingerprint density at radius 2 is 2.36 bits per heavy atom. The summed E-state index contributed by atoms with van der Waals surface area (Å²) in [4.78, 5) is 4.98. The van der Waals surface area contributed by atoms with Crippen molar-refractivity contribution in [2.24, 2.45) is 4.99 Å². The van der Waals surface area contributed by atoms with Gasteiger partial charge in [0, 0.05) is 11.7 Å². The Balaban J connectivity index is 3.13. The van der Waals surface area contributed by atoms with Crippen molar-refractivity contribution < 1.29 is 0 Å². The van der Waals surface area contributed by atoms with Gasteiger partial charge in [-0.1, -0.05) is 20.8 Å². The van der Waals surface area contributed by atoms with Crippen LogP contribution in [0.5, 0.6) is 0 Å². The molecule has 1 heterocycles. The van der Waals surface area contributed by atoms with Crippen LogP contribution in [0.25, 0.3) is 0 Å². The van der Waals surface area contributed by atoms with Crippen LogP contribution in [0.2, 0.25) is 0 Å². The van der Waals surface area contributed by atoms with Crippen LogP contribution in [-0.2, 0) is 0 Å². The van der Waals surface area contributed by atoms with Crippen LogP contribution >= 0.6 is 32.2 Å². The highest BCUT2D eigenvalue weighted by molar-refractivity contribution is 7.44. The zero-order valence-electron chi connectivity index (χ0n) is 6.39. The second-order valence-electron chi connectivity index (χ2n) is 2.18. The lowest BCUT2D eigenvalue weighted by atomic mass is 10.3. The van der Waals surface area contributed by atoms with Crippen molar-refractivity contribution in [2.45, 2.75) is 6.92 Å². The number of hydrogen-bond acceptors (Lipinski definition) is 2. The number of thiophene rings is 1. The summed E-state index contributed by atoms with van der Waals surface area (Å²) in [5.74, 6) is 0. The molecule has 1 nitrogen and oxygen atoms in total. The fraction of sp³-hybridized carbons (Fsp3) is 0.286. The fourth-order valence-electron chi connectivity index (χ4n) is 0.813. The first kappa shape index (κ1) is 9.18. The number of nitrogens with zero attached hydrogens (tertiary/aromatic N) is 1. The number of rotatable bonds is 1. The van der Waals surface area contributed by atoms with Crippen LogP contribution < -0.4 is 4.62 Å². The molecule has 1 aromatic heterocycles. The summed E-state index contributed by atoms with van der Waals surface area (Å²) >= 11 is 7.51.